The Hall–Kier alpha value is -1.61. The third-order valence-electron chi connectivity index (χ3n) is 5.01. The van der Waals surface area contributed by atoms with Crippen molar-refractivity contribution in [1.29, 1.82) is 0 Å². The first-order valence-electron chi connectivity index (χ1n) is 8.51. The van der Waals surface area contributed by atoms with Crippen LogP contribution in [-0.4, -0.2) is 36.0 Å². The van der Waals surface area contributed by atoms with Gasteiger partial charge >= 0.3 is 0 Å². The second-order valence-electron chi connectivity index (χ2n) is 6.57. The number of carbonyl (C=O) groups excluding carboxylic acids is 1. The molecule has 2 fully saturated rings. The van der Waals surface area contributed by atoms with Crippen LogP contribution in [0, 0.1) is 0 Å². The molecule has 3 heteroatoms. The molecule has 2 aliphatic rings. The predicted molar refractivity (Wildman–Crippen MR) is 90.5 cm³/mol. The van der Waals surface area contributed by atoms with Crippen LogP contribution >= 0.6 is 0 Å². The lowest BCUT2D eigenvalue weighted by Gasteiger charge is -2.38. The third-order valence-corrected chi connectivity index (χ3v) is 5.01. The molecule has 1 aromatic carbocycles. The lowest BCUT2D eigenvalue weighted by Crippen LogP contribution is -2.47. The van der Waals surface area contributed by atoms with E-state index in [0.717, 1.165) is 23.7 Å². The zero-order valence-corrected chi connectivity index (χ0v) is 13.4. The van der Waals surface area contributed by atoms with E-state index in [2.05, 4.69) is 10.2 Å². The number of hydrogen-bond acceptors (Lipinski definition) is 2. The average molecular weight is 298 g/mol. The van der Waals surface area contributed by atoms with Crippen LogP contribution in [0.15, 0.2) is 35.9 Å². The molecule has 0 radical (unpaired) electrons. The third kappa shape index (κ3) is 3.58. The fourth-order valence-corrected chi connectivity index (χ4v) is 3.49. The van der Waals surface area contributed by atoms with Crippen molar-refractivity contribution in [3.8, 4) is 0 Å². The molecule has 1 amide bonds. The second kappa shape index (κ2) is 7.10. The summed E-state index contributed by atoms with van der Waals surface area (Å²) in [4.78, 5) is 14.9. The number of benzene rings is 1. The van der Waals surface area contributed by atoms with Gasteiger partial charge < -0.3 is 5.32 Å². The normalized spacial score (nSPS) is 23.3. The van der Waals surface area contributed by atoms with Crippen LogP contribution in [0.25, 0.3) is 6.08 Å². The smallest absolute Gasteiger partial charge is 0.246 e. The minimum Gasteiger partial charge on any atom is -0.351 e. The fourth-order valence-electron chi connectivity index (χ4n) is 3.49. The predicted octanol–water partition coefficient (Wildman–Crippen LogP) is 3.22. The minimum absolute atomic E-state index is 0.0595. The number of carbonyl (C=O) groups is 1. The fraction of sp³-hybridized carbons (Fsp3) is 0.526. The summed E-state index contributed by atoms with van der Waals surface area (Å²) in [6.45, 7) is 3.89. The molecule has 0 bridgehead atoms. The van der Waals surface area contributed by atoms with Gasteiger partial charge in [0.05, 0.1) is 0 Å². The molecule has 3 rings (SSSR count). The summed E-state index contributed by atoms with van der Waals surface area (Å²) in [6.07, 6.45) is 8.51. The zero-order chi connectivity index (χ0) is 15.4. The molecule has 1 saturated heterocycles. The molecule has 1 N–H and O–H groups in total. The Morgan fingerprint density at radius 1 is 1.23 bits per heavy atom. The van der Waals surface area contributed by atoms with Crippen molar-refractivity contribution in [1.82, 2.24) is 10.2 Å². The van der Waals surface area contributed by atoms with Gasteiger partial charge in [-0.15, -0.1) is 0 Å². The molecule has 1 heterocycles. The van der Waals surface area contributed by atoms with Crippen molar-refractivity contribution in [2.45, 2.75) is 51.1 Å². The molecule has 1 aliphatic carbocycles. The molecule has 22 heavy (non-hydrogen) atoms. The van der Waals surface area contributed by atoms with Crippen LogP contribution in [0.4, 0.5) is 0 Å². The first-order chi connectivity index (χ1) is 10.7. The number of likely N-dealkylation sites (tertiary alicyclic amines) is 1. The Bertz CT molecular complexity index is 534. The molecular formula is C19H26N2O. The Morgan fingerprint density at radius 3 is 2.68 bits per heavy atom. The zero-order valence-electron chi connectivity index (χ0n) is 13.4. The molecule has 1 aromatic rings. The topological polar surface area (TPSA) is 32.3 Å². The quantitative estimate of drug-likeness (QED) is 0.847. The summed E-state index contributed by atoms with van der Waals surface area (Å²) >= 11 is 0. The summed E-state index contributed by atoms with van der Waals surface area (Å²) < 4.78 is 0. The minimum atomic E-state index is 0.0595. The van der Waals surface area contributed by atoms with E-state index in [1.807, 2.05) is 43.3 Å². The molecule has 118 valence electrons. The number of hydrogen-bond donors (Lipinski definition) is 1. The van der Waals surface area contributed by atoms with Gasteiger partial charge in [0, 0.05) is 24.2 Å². The Kier molecular flexibility index (Phi) is 4.94. The van der Waals surface area contributed by atoms with Gasteiger partial charge in [-0.1, -0.05) is 36.8 Å². The van der Waals surface area contributed by atoms with Crippen molar-refractivity contribution in [2.24, 2.45) is 0 Å². The molecule has 1 saturated carbocycles. The van der Waals surface area contributed by atoms with Gasteiger partial charge in [-0.05, 0) is 50.8 Å². The molecule has 0 spiro atoms. The monoisotopic (exact) mass is 298 g/mol. The summed E-state index contributed by atoms with van der Waals surface area (Å²) in [5, 5.41) is 3.13. The number of rotatable bonds is 5. The molecule has 0 unspecified atom stereocenters. The van der Waals surface area contributed by atoms with E-state index in [1.165, 1.54) is 38.6 Å². The second-order valence-corrected chi connectivity index (χ2v) is 6.57. The maximum atomic E-state index is 12.3. The van der Waals surface area contributed by atoms with Gasteiger partial charge in [0.2, 0.25) is 5.91 Å². The van der Waals surface area contributed by atoms with E-state index in [9.17, 15) is 4.79 Å². The first-order valence-corrected chi connectivity index (χ1v) is 8.51. The Balaban J connectivity index is 1.52. The van der Waals surface area contributed by atoms with Crippen LogP contribution in [0.2, 0.25) is 0 Å². The van der Waals surface area contributed by atoms with Crippen molar-refractivity contribution in [3.05, 3.63) is 41.5 Å². The highest BCUT2D eigenvalue weighted by Gasteiger charge is 2.33. The number of nitrogens with zero attached hydrogens (tertiary/aromatic N) is 1. The first kappa shape index (κ1) is 15.3. The standard InChI is InChI=1S/C19H26N2O/c1-15(13-16-7-3-2-4-8-16)19(22)20-14-18-11-6-12-21(18)17-9-5-10-17/h2-4,7-8,13,17-18H,5-6,9-12,14H2,1H3,(H,20,22)/t18-/m0/s1. The van der Waals surface area contributed by atoms with E-state index in [0.29, 0.717) is 6.04 Å². The van der Waals surface area contributed by atoms with Crippen LogP contribution in [0.3, 0.4) is 0 Å². The molecular weight excluding hydrogens is 272 g/mol. The van der Waals surface area contributed by atoms with Crippen LogP contribution < -0.4 is 5.32 Å². The van der Waals surface area contributed by atoms with Crippen molar-refractivity contribution >= 4 is 12.0 Å². The van der Waals surface area contributed by atoms with E-state index in [-0.39, 0.29) is 5.91 Å². The molecule has 0 aromatic heterocycles. The van der Waals surface area contributed by atoms with E-state index in [4.69, 9.17) is 0 Å². The van der Waals surface area contributed by atoms with Gasteiger partial charge in [0.15, 0.2) is 0 Å². The number of nitrogens with one attached hydrogen (secondary N) is 1. The van der Waals surface area contributed by atoms with Crippen LogP contribution in [0.5, 0.6) is 0 Å². The highest BCUT2D eigenvalue weighted by Crippen LogP contribution is 2.30. The van der Waals surface area contributed by atoms with E-state index < -0.39 is 0 Å². The Morgan fingerprint density at radius 2 is 2.00 bits per heavy atom. The Labute approximate surface area is 133 Å². The summed E-state index contributed by atoms with van der Waals surface area (Å²) in [5.74, 6) is 0.0595. The van der Waals surface area contributed by atoms with E-state index in [1.54, 1.807) is 0 Å². The van der Waals surface area contributed by atoms with Gasteiger partial charge in [0.1, 0.15) is 0 Å². The lowest BCUT2D eigenvalue weighted by molar-refractivity contribution is -0.117. The molecule has 1 atom stereocenters. The SMILES string of the molecule is CC(=Cc1ccccc1)C(=O)NC[C@@H]1CCCN1C1CCC1. The largest absolute Gasteiger partial charge is 0.351 e. The highest BCUT2D eigenvalue weighted by atomic mass is 16.1. The molecule has 1 aliphatic heterocycles. The maximum absolute atomic E-state index is 12.3. The van der Waals surface area contributed by atoms with Gasteiger partial charge in [-0.2, -0.15) is 0 Å². The average Bonchev–Trinajstić information content (AvgIpc) is 2.92. The van der Waals surface area contributed by atoms with Crippen LogP contribution in [0.1, 0.15) is 44.6 Å². The highest BCUT2D eigenvalue weighted by molar-refractivity contribution is 5.97. The van der Waals surface area contributed by atoms with Gasteiger partial charge in [0.25, 0.3) is 0 Å². The van der Waals surface area contributed by atoms with Crippen molar-refractivity contribution in [3.63, 3.8) is 0 Å². The lowest BCUT2D eigenvalue weighted by atomic mass is 9.91. The van der Waals surface area contributed by atoms with Crippen molar-refractivity contribution in [2.75, 3.05) is 13.1 Å². The van der Waals surface area contributed by atoms with Gasteiger partial charge in [-0.25, -0.2) is 0 Å². The van der Waals surface area contributed by atoms with Crippen LogP contribution in [-0.2, 0) is 4.79 Å². The summed E-state index contributed by atoms with van der Waals surface area (Å²) in [6, 6.07) is 11.3. The van der Waals surface area contributed by atoms with E-state index >= 15 is 0 Å². The summed E-state index contributed by atoms with van der Waals surface area (Å²) in [7, 11) is 0. The molecule has 3 nitrogen and oxygen atoms in total. The van der Waals surface area contributed by atoms with Gasteiger partial charge in [-0.3, -0.25) is 9.69 Å². The number of amides is 1. The maximum Gasteiger partial charge on any atom is 0.246 e. The summed E-state index contributed by atoms with van der Waals surface area (Å²) in [5.41, 5.74) is 1.85. The van der Waals surface area contributed by atoms with Crippen molar-refractivity contribution < 1.29 is 4.79 Å².